The first-order valence-electron chi connectivity index (χ1n) is 7.46. The summed E-state index contributed by atoms with van der Waals surface area (Å²) in [5.41, 5.74) is 2.68. The lowest BCUT2D eigenvalue weighted by Crippen LogP contribution is -1.99. The standard InChI is InChI=1S/C19H18O3S/c1-4-13-15(21-2)10-9-12(19(13)22-3)11-17-18(20)14-7-5-6-8-16(14)23-17/h5-11H,4H2,1-3H3/b17-11-. The highest BCUT2D eigenvalue weighted by molar-refractivity contribution is 8.04. The Morgan fingerprint density at radius 1 is 1.09 bits per heavy atom. The van der Waals surface area contributed by atoms with E-state index in [9.17, 15) is 4.79 Å². The van der Waals surface area contributed by atoms with Gasteiger partial charge >= 0.3 is 0 Å². The van der Waals surface area contributed by atoms with Crippen LogP contribution in [-0.2, 0) is 6.42 Å². The molecule has 118 valence electrons. The number of hydrogen-bond acceptors (Lipinski definition) is 4. The first-order chi connectivity index (χ1) is 11.2. The van der Waals surface area contributed by atoms with Crippen LogP contribution < -0.4 is 9.47 Å². The molecule has 0 unspecified atom stereocenters. The predicted octanol–water partition coefficient (Wildman–Crippen LogP) is 4.60. The van der Waals surface area contributed by atoms with Crippen LogP contribution in [0.2, 0.25) is 0 Å². The number of hydrogen-bond donors (Lipinski definition) is 0. The maximum absolute atomic E-state index is 12.5. The smallest absolute Gasteiger partial charge is 0.200 e. The van der Waals surface area contributed by atoms with E-state index in [0.29, 0.717) is 0 Å². The van der Waals surface area contributed by atoms with Crippen molar-refractivity contribution in [3.05, 3.63) is 58.0 Å². The molecule has 23 heavy (non-hydrogen) atoms. The van der Waals surface area contributed by atoms with Gasteiger partial charge < -0.3 is 9.47 Å². The zero-order chi connectivity index (χ0) is 16.4. The molecule has 0 fully saturated rings. The number of fused-ring (bicyclic) bond motifs is 1. The van der Waals surface area contributed by atoms with Crippen LogP contribution in [0.3, 0.4) is 0 Å². The molecule has 0 aliphatic carbocycles. The lowest BCUT2D eigenvalue weighted by molar-refractivity contribution is 0.104. The van der Waals surface area contributed by atoms with Gasteiger partial charge in [0.25, 0.3) is 0 Å². The molecule has 4 heteroatoms. The number of allylic oxidation sites excluding steroid dienone is 1. The summed E-state index contributed by atoms with van der Waals surface area (Å²) in [5.74, 6) is 1.64. The molecule has 3 nitrogen and oxygen atoms in total. The molecule has 0 aromatic heterocycles. The van der Waals surface area contributed by atoms with Crippen LogP contribution in [0.15, 0.2) is 46.2 Å². The molecule has 1 aliphatic heterocycles. The van der Waals surface area contributed by atoms with Crippen LogP contribution in [0.25, 0.3) is 6.08 Å². The minimum atomic E-state index is 0.0709. The van der Waals surface area contributed by atoms with E-state index in [2.05, 4.69) is 6.92 Å². The topological polar surface area (TPSA) is 35.5 Å². The highest BCUT2D eigenvalue weighted by Crippen LogP contribution is 2.42. The molecule has 0 bridgehead atoms. The Hall–Kier alpha value is -2.20. The molecule has 0 saturated carbocycles. The van der Waals surface area contributed by atoms with Gasteiger partial charge in [-0.05, 0) is 36.8 Å². The SMILES string of the molecule is CCc1c(OC)ccc(/C=C2\Sc3ccccc3C2=O)c1OC. The summed E-state index contributed by atoms with van der Waals surface area (Å²) in [5, 5.41) is 0. The fraction of sp³-hybridized carbons (Fsp3) is 0.211. The number of rotatable bonds is 4. The second-order valence-corrected chi connectivity index (χ2v) is 6.24. The lowest BCUT2D eigenvalue weighted by Gasteiger charge is -2.14. The molecule has 0 amide bonds. The number of Topliss-reactive ketones (excluding diaryl/α,β-unsaturated/α-hetero) is 1. The second kappa shape index (κ2) is 6.50. The average molecular weight is 326 g/mol. The molecule has 0 spiro atoms. The van der Waals surface area contributed by atoms with E-state index in [1.165, 1.54) is 11.8 Å². The number of carbonyl (C=O) groups is 1. The van der Waals surface area contributed by atoms with Crippen LogP contribution in [0.5, 0.6) is 11.5 Å². The molecular weight excluding hydrogens is 308 g/mol. The van der Waals surface area contributed by atoms with E-state index in [4.69, 9.17) is 9.47 Å². The summed E-state index contributed by atoms with van der Waals surface area (Å²) in [4.78, 5) is 14.2. The molecule has 3 rings (SSSR count). The molecule has 0 atom stereocenters. The van der Waals surface area contributed by atoms with Gasteiger partial charge in [0.1, 0.15) is 11.5 Å². The third-order valence-electron chi connectivity index (χ3n) is 3.89. The van der Waals surface area contributed by atoms with Crippen molar-refractivity contribution in [2.75, 3.05) is 14.2 Å². The van der Waals surface area contributed by atoms with Gasteiger partial charge in [-0.15, -0.1) is 0 Å². The number of carbonyl (C=O) groups excluding carboxylic acids is 1. The molecule has 1 heterocycles. The van der Waals surface area contributed by atoms with Crippen LogP contribution in [-0.4, -0.2) is 20.0 Å². The summed E-state index contributed by atoms with van der Waals surface area (Å²) in [7, 11) is 3.30. The van der Waals surface area contributed by atoms with Gasteiger partial charge in [0, 0.05) is 21.6 Å². The summed E-state index contributed by atoms with van der Waals surface area (Å²) < 4.78 is 11.0. The summed E-state index contributed by atoms with van der Waals surface area (Å²) >= 11 is 1.51. The van der Waals surface area contributed by atoms with Crippen molar-refractivity contribution in [1.29, 1.82) is 0 Å². The molecule has 0 N–H and O–H groups in total. The predicted molar refractivity (Wildman–Crippen MR) is 93.5 cm³/mol. The summed E-state index contributed by atoms with van der Waals surface area (Å²) in [6.07, 6.45) is 2.70. The normalized spacial score (nSPS) is 14.9. The number of methoxy groups -OCH3 is 2. The fourth-order valence-corrected chi connectivity index (χ4v) is 3.83. The highest BCUT2D eigenvalue weighted by Gasteiger charge is 2.26. The quantitative estimate of drug-likeness (QED) is 0.770. The van der Waals surface area contributed by atoms with Gasteiger partial charge in [0.05, 0.1) is 19.1 Å². The number of thioether (sulfide) groups is 1. The summed E-state index contributed by atoms with van der Waals surface area (Å²) in [6.45, 7) is 2.06. The van der Waals surface area contributed by atoms with E-state index < -0.39 is 0 Å². The number of ketones is 1. The zero-order valence-corrected chi connectivity index (χ0v) is 14.2. The lowest BCUT2D eigenvalue weighted by atomic mass is 10.0. The van der Waals surface area contributed by atoms with Crippen LogP contribution >= 0.6 is 11.8 Å². The van der Waals surface area contributed by atoms with Crippen molar-refractivity contribution in [3.8, 4) is 11.5 Å². The highest BCUT2D eigenvalue weighted by atomic mass is 32.2. The zero-order valence-electron chi connectivity index (χ0n) is 13.4. The van der Waals surface area contributed by atoms with E-state index in [0.717, 1.165) is 44.4 Å². The van der Waals surface area contributed by atoms with E-state index in [-0.39, 0.29) is 5.78 Å². The second-order valence-electron chi connectivity index (χ2n) is 5.16. The summed E-state index contributed by atoms with van der Waals surface area (Å²) in [6, 6.07) is 11.5. The molecule has 0 saturated heterocycles. The van der Waals surface area contributed by atoms with Gasteiger partial charge in [-0.1, -0.05) is 30.8 Å². The average Bonchev–Trinajstić information content (AvgIpc) is 2.90. The van der Waals surface area contributed by atoms with E-state index >= 15 is 0 Å². The first kappa shape index (κ1) is 15.7. The van der Waals surface area contributed by atoms with Crippen LogP contribution in [0.1, 0.15) is 28.4 Å². The van der Waals surface area contributed by atoms with Crippen molar-refractivity contribution in [2.45, 2.75) is 18.2 Å². The van der Waals surface area contributed by atoms with E-state index in [1.807, 2.05) is 42.5 Å². The van der Waals surface area contributed by atoms with Gasteiger partial charge in [0.2, 0.25) is 5.78 Å². The van der Waals surface area contributed by atoms with Gasteiger partial charge in [0.15, 0.2) is 0 Å². The maximum Gasteiger partial charge on any atom is 0.200 e. The number of benzene rings is 2. The minimum absolute atomic E-state index is 0.0709. The molecule has 0 radical (unpaired) electrons. The molecule has 2 aromatic rings. The largest absolute Gasteiger partial charge is 0.496 e. The first-order valence-corrected chi connectivity index (χ1v) is 8.28. The molecular formula is C19H18O3S. The number of ether oxygens (including phenoxy) is 2. The third-order valence-corrected chi connectivity index (χ3v) is 4.99. The Morgan fingerprint density at radius 2 is 1.87 bits per heavy atom. The van der Waals surface area contributed by atoms with Crippen molar-refractivity contribution in [3.63, 3.8) is 0 Å². The molecule has 1 aliphatic rings. The Labute approximate surface area is 140 Å². The van der Waals surface area contributed by atoms with Crippen LogP contribution in [0, 0.1) is 0 Å². The Kier molecular flexibility index (Phi) is 4.44. The fourth-order valence-electron chi connectivity index (χ4n) is 2.79. The monoisotopic (exact) mass is 326 g/mol. The van der Waals surface area contributed by atoms with Crippen molar-refractivity contribution < 1.29 is 14.3 Å². The Balaban J connectivity index is 2.06. The van der Waals surface area contributed by atoms with E-state index in [1.54, 1.807) is 14.2 Å². The molecule has 2 aromatic carbocycles. The van der Waals surface area contributed by atoms with Gasteiger partial charge in [-0.2, -0.15) is 0 Å². The Morgan fingerprint density at radius 3 is 2.52 bits per heavy atom. The van der Waals surface area contributed by atoms with Gasteiger partial charge in [-0.25, -0.2) is 0 Å². The van der Waals surface area contributed by atoms with Crippen LogP contribution in [0.4, 0.5) is 0 Å². The van der Waals surface area contributed by atoms with Crippen molar-refractivity contribution in [1.82, 2.24) is 0 Å². The minimum Gasteiger partial charge on any atom is -0.496 e. The Bertz CT molecular complexity index is 793. The van der Waals surface area contributed by atoms with Gasteiger partial charge in [-0.3, -0.25) is 4.79 Å². The maximum atomic E-state index is 12.5. The van der Waals surface area contributed by atoms with Crippen molar-refractivity contribution in [2.24, 2.45) is 0 Å². The third kappa shape index (κ3) is 2.75. The van der Waals surface area contributed by atoms with Crippen molar-refractivity contribution >= 4 is 23.6 Å².